The molecule has 2 aliphatic heterocycles. The summed E-state index contributed by atoms with van der Waals surface area (Å²) in [6, 6.07) is 8.72. The minimum atomic E-state index is -0.749. The second-order valence-corrected chi connectivity index (χ2v) is 8.13. The van der Waals surface area contributed by atoms with E-state index in [0.717, 1.165) is 64.6 Å². The zero-order valence-corrected chi connectivity index (χ0v) is 17.0. The lowest BCUT2D eigenvalue weighted by atomic mass is 9.92. The van der Waals surface area contributed by atoms with Crippen molar-refractivity contribution in [2.75, 3.05) is 50.8 Å². The minimum Gasteiger partial charge on any atom is -0.387 e. The van der Waals surface area contributed by atoms with Crippen LogP contribution in [0.1, 0.15) is 24.0 Å². The maximum Gasteiger partial charge on any atom is 0.147 e. The van der Waals surface area contributed by atoms with Crippen molar-refractivity contribution < 1.29 is 9.84 Å². The van der Waals surface area contributed by atoms with E-state index in [1.54, 1.807) is 18.6 Å². The Morgan fingerprint density at radius 2 is 2.00 bits per heavy atom. The van der Waals surface area contributed by atoms with Gasteiger partial charge in [-0.25, -0.2) is 4.98 Å². The summed E-state index contributed by atoms with van der Waals surface area (Å²) in [4.78, 5) is 13.1. The van der Waals surface area contributed by atoms with E-state index in [1.165, 1.54) is 11.1 Å². The summed E-state index contributed by atoms with van der Waals surface area (Å²) < 4.78 is 5.43. The van der Waals surface area contributed by atoms with Gasteiger partial charge in [0.15, 0.2) is 0 Å². The van der Waals surface area contributed by atoms with E-state index in [1.807, 2.05) is 0 Å². The molecule has 1 atom stereocenters. The van der Waals surface area contributed by atoms with E-state index in [2.05, 4.69) is 49.4 Å². The highest BCUT2D eigenvalue weighted by atomic mass is 16.5. The highest BCUT2D eigenvalue weighted by Crippen LogP contribution is 2.24. The number of hydrogen-bond acceptors (Lipinski definition) is 7. The molecule has 29 heavy (non-hydrogen) atoms. The SMILES string of the molecule is O[C@@]1(CNCc2cccc(CN3CCOCC3)c2)CCCN(c2cnccn2)C1. The largest absolute Gasteiger partial charge is 0.387 e. The van der Waals surface area contributed by atoms with Gasteiger partial charge in [-0.15, -0.1) is 0 Å². The molecule has 1 aromatic heterocycles. The van der Waals surface area contributed by atoms with Crippen LogP contribution in [0, 0.1) is 0 Å². The third-order valence-corrected chi connectivity index (χ3v) is 5.71. The topological polar surface area (TPSA) is 73.8 Å². The monoisotopic (exact) mass is 397 g/mol. The van der Waals surface area contributed by atoms with Gasteiger partial charge < -0.3 is 20.1 Å². The zero-order chi connectivity index (χ0) is 19.9. The fourth-order valence-electron chi connectivity index (χ4n) is 4.20. The minimum absolute atomic E-state index is 0.567. The summed E-state index contributed by atoms with van der Waals surface area (Å²) in [6.45, 7) is 7.42. The smallest absolute Gasteiger partial charge is 0.147 e. The summed E-state index contributed by atoms with van der Waals surface area (Å²) in [5.41, 5.74) is 1.83. The van der Waals surface area contributed by atoms with E-state index >= 15 is 0 Å². The van der Waals surface area contributed by atoms with Crippen LogP contribution in [0.4, 0.5) is 5.82 Å². The van der Waals surface area contributed by atoms with Crippen molar-refractivity contribution in [2.24, 2.45) is 0 Å². The number of piperidine rings is 1. The van der Waals surface area contributed by atoms with Crippen molar-refractivity contribution in [1.82, 2.24) is 20.2 Å². The molecule has 2 N–H and O–H groups in total. The molecule has 2 saturated heterocycles. The highest BCUT2D eigenvalue weighted by Gasteiger charge is 2.33. The molecule has 0 radical (unpaired) electrons. The lowest BCUT2D eigenvalue weighted by Gasteiger charge is -2.39. The fourth-order valence-corrected chi connectivity index (χ4v) is 4.20. The third-order valence-electron chi connectivity index (χ3n) is 5.71. The summed E-state index contributed by atoms with van der Waals surface area (Å²) in [5.74, 6) is 0.835. The van der Waals surface area contributed by atoms with Crippen LogP contribution in [-0.2, 0) is 17.8 Å². The van der Waals surface area contributed by atoms with Crippen LogP contribution in [-0.4, -0.2) is 71.5 Å². The predicted octanol–water partition coefficient (Wildman–Crippen LogP) is 1.43. The molecular formula is C22H31N5O2. The molecule has 4 rings (SSSR count). The second-order valence-electron chi connectivity index (χ2n) is 8.13. The van der Waals surface area contributed by atoms with Crippen LogP contribution >= 0.6 is 0 Å². The van der Waals surface area contributed by atoms with Crippen molar-refractivity contribution >= 4 is 5.82 Å². The summed E-state index contributed by atoms with van der Waals surface area (Å²) in [7, 11) is 0. The van der Waals surface area contributed by atoms with Gasteiger partial charge in [-0.3, -0.25) is 9.88 Å². The highest BCUT2D eigenvalue weighted by molar-refractivity contribution is 5.36. The maximum absolute atomic E-state index is 11.1. The first kappa shape index (κ1) is 20.2. The zero-order valence-electron chi connectivity index (χ0n) is 17.0. The van der Waals surface area contributed by atoms with Crippen molar-refractivity contribution in [3.63, 3.8) is 0 Å². The molecule has 7 nitrogen and oxygen atoms in total. The molecule has 156 valence electrons. The molecule has 7 heteroatoms. The van der Waals surface area contributed by atoms with Gasteiger partial charge in [0, 0.05) is 58.2 Å². The number of nitrogens with one attached hydrogen (secondary N) is 1. The quantitative estimate of drug-likeness (QED) is 0.732. The van der Waals surface area contributed by atoms with Crippen LogP contribution in [0.3, 0.4) is 0 Å². The molecule has 3 heterocycles. The second kappa shape index (κ2) is 9.63. The van der Waals surface area contributed by atoms with Crippen molar-refractivity contribution in [3.05, 3.63) is 54.0 Å². The van der Waals surface area contributed by atoms with Crippen LogP contribution < -0.4 is 10.2 Å². The number of nitrogens with zero attached hydrogens (tertiary/aromatic N) is 4. The average molecular weight is 398 g/mol. The third kappa shape index (κ3) is 5.73. The molecule has 0 aliphatic carbocycles. The number of hydrogen-bond donors (Lipinski definition) is 2. The van der Waals surface area contributed by atoms with Crippen LogP contribution in [0.15, 0.2) is 42.9 Å². The number of ether oxygens (including phenoxy) is 1. The Morgan fingerprint density at radius 3 is 2.83 bits per heavy atom. The summed E-state index contributed by atoms with van der Waals surface area (Å²) in [5, 5.41) is 14.5. The predicted molar refractivity (Wildman–Crippen MR) is 113 cm³/mol. The van der Waals surface area contributed by atoms with Crippen LogP contribution in [0.2, 0.25) is 0 Å². The van der Waals surface area contributed by atoms with E-state index < -0.39 is 5.60 Å². The van der Waals surface area contributed by atoms with Crippen LogP contribution in [0.5, 0.6) is 0 Å². The van der Waals surface area contributed by atoms with Gasteiger partial charge in [-0.2, -0.15) is 0 Å². The van der Waals surface area contributed by atoms with Crippen LogP contribution in [0.25, 0.3) is 0 Å². The average Bonchev–Trinajstić information content (AvgIpc) is 2.75. The lowest BCUT2D eigenvalue weighted by Crippen LogP contribution is -2.53. The Labute approximate surface area is 172 Å². The lowest BCUT2D eigenvalue weighted by molar-refractivity contribution is 0.0258. The number of aromatic nitrogens is 2. The number of benzene rings is 1. The first-order valence-electron chi connectivity index (χ1n) is 10.5. The number of rotatable bonds is 7. The molecule has 1 aromatic carbocycles. The summed E-state index contributed by atoms with van der Waals surface area (Å²) in [6.07, 6.45) is 6.89. The first-order valence-corrected chi connectivity index (χ1v) is 10.5. The first-order chi connectivity index (χ1) is 14.2. The number of morpholine rings is 1. The molecule has 2 aliphatic rings. The number of anilines is 1. The van der Waals surface area contributed by atoms with Gasteiger partial charge in [-0.1, -0.05) is 24.3 Å². The Morgan fingerprint density at radius 1 is 1.14 bits per heavy atom. The molecule has 2 fully saturated rings. The molecule has 0 spiro atoms. The van der Waals surface area contributed by atoms with Gasteiger partial charge in [0.05, 0.1) is 25.0 Å². The summed E-state index contributed by atoms with van der Waals surface area (Å²) >= 11 is 0. The van der Waals surface area contributed by atoms with Gasteiger partial charge >= 0.3 is 0 Å². The van der Waals surface area contributed by atoms with Crippen molar-refractivity contribution in [3.8, 4) is 0 Å². The molecule has 0 bridgehead atoms. The van der Waals surface area contributed by atoms with E-state index in [-0.39, 0.29) is 0 Å². The van der Waals surface area contributed by atoms with Crippen molar-refractivity contribution in [2.45, 2.75) is 31.5 Å². The Balaban J connectivity index is 1.28. The molecule has 0 unspecified atom stereocenters. The molecule has 2 aromatic rings. The number of aliphatic hydroxyl groups is 1. The molecular weight excluding hydrogens is 366 g/mol. The van der Waals surface area contributed by atoms with Gasteiger partial charge in [-0.05, 0) is 24.0 Å². The fraction of sp³-hybridized carbons (Fsp3) is 0.545. The van der Waals surface area contributed by atoms with E-state index in [0.29, 0.717) is 13.1 Å². The van der Waals surface area contributed by atoms with Crippen molar-refractivity contribution in [1.29, 1.82) is 0 Å². The molecule has 0 amide bonds. The standard InChI is InChI=1S/C22H31N5O2/c28-22(5-2-8-27(18-22)21-15-23-6-7-25-21)17-24-14-19-3-1-4-20(13-19)16-26-9-11-29-12-10-26/h1,3-4,6-7,13,15,24,28H,2,5,8-12,14,16-18H2/t22-/m1/s1. The van der Waals surface area contributed by atoms with Gasteiger partial charge in [0.1, 0.15) is 5.82 Å². The van der Waals surface area contributed by atoms with Gasteiger partial charge in [0.25, 0.3) is 0 Å². The molecule has 0 saturated carbocycles. The number of β-amino-alcohol motifs (C(OH)–C–C–N with tert-alkyl or cyclic N) is 1. The van der Waals surface area contributed by atoms with E-state index in [4.69, 9.17) is 4.74 Å². The normalized spacial score (nSPS) is 23.3. The van der Waals surface area contributed by atoms with E-state index in [9.17, 15) is 5.11 Å². The Kier molecular flexibility index (Phi) is 6.71. The Bertz CT molecular complexity index is 769. The maximum atomic E-state index is 11.1. The Hall–Kier alpha value is -2.06. The van der Waals surface area contributed by atoms with Gasteiger partial charge in [0.2, 0.25) is 0 Å².